The number of hydrogen-bond acceptors (Lipinski definition) is 3. The first-order chi connectivity index (χ1) is 12.5. The minimum absolute atomic E-state index is 0.120. The lowest BCUT2D eigenvalue weighted by Gasteiger charge is -2.12. The molecule has 0 saturated heterocycles. The molecule has 0 aliphatic carbocycles. The normalized spacial score (nSPS) is 11.1. The minimum Gasteiger partial charge on any atom is -0.352 e. The maximum Gasteiger partial charge on any atom is 0.256 e. The van der Waals surface area contributed by atoms with Gasteiger partial charge in [0.25, 0.3) is 5.91 Å². The molecule has 5 nitrogen and oxygen atoms in total. The van der Waals surface area contributed by atoms with Gasteiger partial charge in [-0.05, 0) is 43.5 Å². The van der Waals surface area contributed by atoms with Gasteiger partial charge in [-0.1, -0.05) is 37.1 Å². The van der Waals surface area contributed by atoms with Crippen molar-refractivity contribution < 1.29 is 4.79 Å². The highest BCUT2D eigenvalue weighted by Gasteiger charge is 2.18. The van der Waals surface area contributed by atoms with E-state index in [0.717, 1.165) is 46.8 Å². The number of nitrogens with one attached hydrogen (secondary N) is 1. The second kappa shape index (κ2) is 7.87. The smallest absolute Gasteiger partial charge is 0.256 e. The van der Waals surface area contributed by atoms with E-state index >= 15 is 0 Å². The van der Waals surface area contributed by atoms with Crippen LogP contribution in [0.3, 0.4) is 0 Å². The zero-order valence-corrected chi connectivity index (χ0v) is 16.1. The number of fused-ring (bicyclic) bond motifs is 1. The van der Waals surface area contributed by atoms with E-state index in [1.54, 1.807) is 10.7 Å². The van der Waals surface area contributed by atoms with Crippen LogP contribution in [0.25, 0.3) is 5.65 Å². The van der Waals surface area contributed by atoms with Gasteiger partial charge in [-0.15, -0.1) is 0 Å². The molecule has 2 aromatic heterocycles. The molecule has 3 aromatic rings. The third-order valence-corrected chi connectivity index (χ3v) is 4.82. The topological polar surface area (TPSA) is 59.3 Å². The fraction of sp³-hybridized carbons (Fsp3) is 0.350. The molecule has 3 rings (SSSR count). The van der Waals surface area contributed by atoms with Crippen LogP contribution in [-0.4, -0.2) is 27.0 Å². The number of unbranched alkanes of at least 4 members (excludes halogenated alkanes) is 1. The van der Waals surface area contributed by atoms with Crippen molar-refractivity contribution in [3.63, 3.8) is 0 Å². The predicted molar refractivity (Wildman–Crippen MR) is 104 cm³/mol. The molecule has 0 bridgehead atoms. The summed E-state index contributed by atoms with van der Waals surface area (Å²) >= 11 is 5.97. The number of amides is 1. The molecule has 2 heterocycles. The summed E-state index contributed by atoms with van der Waals surface area (Å²) in [4.78, 5) is 17.1. The molecular formula is C20H23ClN4O. The maximum absolute atomic E-state index is 12.4. The zero-order chi connectivity index (χ0) is 18.7. The molecule has 0 fully saturated rings. The third-order valence-electron chi connectivity index (χ3n) is 4.56. The van der Waals surface area contributed by atoms with Gasteiger partial charge in [0.15, 0.2) is 5.65 Å². The van der Waals surface area contributed by atoms with E-state index < -0.39 is 0 Å². The van der Waals surface area contributed by atoms with Crippen LogP contribution in [0.1, 0.15) is 52.6 Å². The number of nitrogens with zero attached hydrogens (tertiary/aromatic N) is 3. The first kappa shape index (κ1) is 18.4. The molecular weight excluding hydrogens is 348 g/mol. The van der Waals surface area contributed by atoms with Crippen LogP contribution in [0, 0.1) is 13.8 Å². The Morgan fingerprint density at radius 2 is 1.96 bits per heavy atom. The van der Waals surface area contributed by atoms with Crippen LogP contribution < -0.4 is 5.32 Å². The fourth-order valence-corrected chi connectivity index (χ4v) is 3.13. The van der Waals surface area contributed by atoms with Gasteiger partial charge in [-0.25, -0.2) is 9.50 Å². The van der Waals surface area contributed by atoms with Crippen molar-refractivity contribution in [2.45, 2.75) is 40.0 Å². The third kappa shape index (κ3) is 3.73. The molecule has 26 heavy (non-hydrogen) atoms. The van der Waals surface area contributed by atoms with Gasteiger partial charge in [-0.3, -0.25) is 4.79 Å². The van der Waals surface area contributed by atoms with Gasteiger partial charge in [0.1, 0.15) is 5.56 Å². The number of carbonyl (C=O) groups is 1. The van der Waals surface area contributed by atoms with Crippen molar-refractivity contribution in [1.29, 1.82) is 0 Å². The van der Waals surface area contributed by atoms with E-state index in [1.807, 2.05) is 38.1 Å². The molecule has 0 aliphatic heterocycles. The summed E-state index contributed by atoms with van der Waals surface area (Å²) in [5.41, 5.74) is 5.30. The van der Waals surface area contributed by atoms with Crippen molar-refractivity contribution in [3.05, 3.63) is 63.6 Å². The van der Waals surface area contributed by atoms with E-state index in [2.05, 4.69) is 22.3 Å². The summed E-state index contributed by atoms with van der Waals surface area (Å²) in [6, 6.07) is 7.81. The Hall–Kier alpha value is -2.40. The Balaban J connectivity index is 1.93. The maximum atomic E-state index is 12.4. The Labute approximate surface area is 158 Å². The van der Waals surface area contributed by atoms with Crippen molar-refractivity contribution in [2.24, 2.45) is 0 Å². The molecule has 6 heteroatoms. The van der Waals surface area contributed by atoms with Gasteiger partial charge in [0, 0.05) is 29.4 Å². The highest BCUT2D eigenvalue weighted by molar-refractivity contribution is 6.30. The highest BCUT2D eigenvalue weighted by atomic mass is 35.5. The fourth-order valence-electron chi connectivity index (χ4n) is 3.01. The van der Waals surface area contributed by atoms with E-state index in [1.165, 1.54) is 0 Å². The number of benzene rings is 1. The molecule has 0 radical (unpaired) electrons. The lowest BCUT2D eigenvalue weighted by molar-refractivity contribution is 0.0954. The van der Waals surface area contributed by atoms with Gasteiger partial charge in [0.2, 0.25) is 0 Å². The minimum atomic E-state index is -0.120. The molecule has 136 valence electrons. The van der Waals surface area contributed by atoms with E-state index in [4.69, 9.17) is 11.6 Å². The molecule has 0 saturated carbocycles. The molecule has 1 aromatic carbocycles. The van der Waals surface area contributed by atoms with E-state index in [9.17, 15) is 4.79 Å². The summed E-state index contributed by atoms with van der Waals surface area (Å²) in [5, 5.41) is 8.05. The number of halogens is 1. The summed E-state index contributed by atoms with van der Waals surface area (Å²) in [5.74, 6) is -0.120. The number of aryl methyl sites for hydroxylation is 2. The van der Waals surface area contributed by atoms with Gasteiger partial charge in [-0.2, -0.15) is 5.10 Å². The molecule has 1 N–H and O–H groups in total. The second-order valence-electron chi connectivity index (χ2n) is 6.47. The van der Waals surface area contributed by atoms with Crippen LogP contribution in [-0.2, 0) is 6.42 Å². The Bertz CT molecular complexity index is 931. The lowest BCUT2D eigenvalue weighted by atomic mass is 10.0. The molecule has 1 amide bonds. The number of carbonyl (C=O) groups excluding carboxylic acids is 1. The average molecular weight is 371 g/mol. The summed E-state index contributed by atoms with van der Waals surface area (Å²) in [7, 11) is 0. The average Bonchev–Trinajstić information content (AvgIpc) is 3.04. The standard InChI is InChI=1S/C20H23ClN4O/c1-4-5-10-22-20(26)18-12-23-25-14(3)17(13(2)24-19(18)25)11-15-6-8-16(21)9-7-15/h6-9,12H,4-5,10-11H2,1-3H3,(H,22,26). The zero-order valence-electron chi connectivity index (χ0n) is 15.3. The van der Waals surface area contributed by atoms with Crippen LogP contribution in [0.4, 0.5) is 0 Å². The Morgan fingerprint density at radius 3 is 2.65 bits per heavy atom. The van der Waals surface area contributed by atoms with Crippen molar-refractivity contribution >= 4 is 23.2 Å². The Kier molecular flexibility index (Phi) is 5.57. The lowest BCUT2D eigenvalue weighted by Crippen LogP contribution is -2.24. The summed E-state index contributed by atoms with van der Waals surface area (Å²) < 4.78 is 1.76. The monoisotopic (exact) mass is 370 g/mol. The van der Waals surface area contributed by atoms with Crippen molar-refractivity contribution in [2.75, 3.05) is 6.54 Å². The quantitative estimate of drug-likeness (QED) is 0.664. The van der Waals surface area contributed by atoms with Crippen LogP contribution in [0.2, 0.25) is 5.02 Å². The van der Waals surface area contributed by atoms with Gasteiger partial charge < -0.3 is 5.32 Å². The van der Waals surface area contributed by atoms with Crippen LogP contribution in [0.15, 0.2) is 30.5 Å². The highest BCUT2D eigenvalue weighted by Crippen LogP contribution is 2.21. The predicted octanol–water partition coefficient (Wildman–Crippen LogP) is 4.12. The Morgan fingerprint density at radius 1 is 1.23 bits per heavy atom. The van der Waals surface area contributed by atoms with Gasteiger partial charge >= 0.3 is 0 Å². The first-order valence-corrected chi connectivity index (χ1v) is 9.25. The number of rotatable bonds is 6. The van der Waals surface area contributed by atoms with Crippen LogP contribution in [0.5, 0.6) is 0 Å². The van der Waals surface area contributed by atoms with Crippen LogP contribution >= 0.6 is 11.6 Å². The second-order valence-corrected chi connectivity index (χ2v) is 6.90. The molecule has 0 spiro atoms. The van der Waals surface area contributed by atoms with Gasteiger partial charge in [0.05, 0.1) is 6.20 Å². The largest absolute Gasteiger partial charge is 0.352 e. The number of aromatic nitrogens is 3. The molecule has 0 aliphatic rings. The van der Waals surface area contributed by atoms with E-state index in [-0.39, 0.29) is 5.91 Å². The van der Waals surface area contributed by atoms with Crippen molar-refractivity contribution in [3.8, 4) is 0 Å². The summed E-state index contributed by atoms with van der Waals surface area (Å²) in [6.07, 6.45) is 4.35. The molecule has 0 unspecified atom stereocenters. The molecule has 0 atom stereocenters. The number of hydrogen-bond donors (Lipinski definition) is 1. The summed E-state index contributed by atoms with van der Waals surface area (Å²) in [6.45, 7) is 6.75. The van der Waals surface area contributed by atoms with E-state index in [0.29, 0.717) is 17.8 Å². The first-order valence-electron chi connectivity index (χ1n) is 8.87. The SMILES string of the molecule is CCCCNC(=O)c1cnn2c(C)c(Cc3ccc(Cl)cc3)c(C)nc12. The van der Waals surface area contributed by atoms with Crippen molar-refractivity contribution in [1.82, 2.24) is 19.9 Å².